The molecule has 1 fully saturated rings. The molecular formula is C29H34O9. The number of allylic oxidation sites excluding steroid dienone is 1. The number of phenolic OH excluding ortho intramolecular Hbond substituents is 1. The van der Waals surface area contributed by atoms with E-state index in [0.717, 1.165) is 6.92 Å². The molecule has 9 nitrogen and oxygen atoms in total. The minimum absolute atomic E-state index is 0.169. The van der Waals surface area contributed by atoms with Gasteiger partial charge in [0.1, 0.15) is 22.8 Å². The highest BCUT2D eigenvalue weighted by Crippen LogP contribution is 2.66. The standard InChI is InChI=1S/C29H34O9/c1-11-17-14(12(2)30)9-15(26(4,5)6)21(33)19(17)22(34)20-24(36)29(38)23(35)18(13(3)31)16(32)10-27(29,7)25(37)28(11,20)8/h9,11,25,33-35,37-38H,10H2,1-8H3/t11-,25+,27+,28+,29+/m1/s1. The number of Topliss-reactive ketones (excluding diaryl/α,β-unsaturated/α-hetero) is 4. The number of aliphatic hydroxyl groups is 4. The van der Waals surface area contributed by atoms with Crippen molar-refractivity contribution in [1.29, 1.82) is 0 Å². The van der Waals surface area contributed by atoms with Crippen molar-refractivity contribution >= 4 is 28.9 Å². The normalized spacial score (nSPS) is 33.1. The molecule has 1 aromatic rings. The quantitative estimate of drug-likeness (QED) is 0.286. The van der Waals surface area contributed by atoms with E-state index < -0.39 is 80.3 Å². The predicted molar refractivity (Wildman–Crippen MR) is 137 cm³/mol. The first kappa shape index (κ1) is 27.7. The highest BCUT2D eigenvalue weighted by molar-refractivity contribution is 6.24. The smallest absolute Gasteiger partial charge is 0.203 e. The van der Waals surface area contributed by atoms with Gasteiger partial charge in [0, 0.05) is 28.4 Å². The number of benzene rings is 1. The Morgan fingerprint density at radius 2 is 1.58 bits per heavy atom. The third kappa shape index (κ3) is 3.00. The fourth-order valence-electron chi connectivity index (χ4n) is 6.86. The summed E-state index contributed by atoms with van der Waals surface area (Å²) in [5.41, 5.74) is -7.87. The van der Waals surface area contributed by atoms with E-state index in [-0.39, 0.29) is 28.2 Å². The topological polar surface area (TPSA) is 169 Å². The van der Waals surface area contributed by atoms with Gasteiger partial charge in [-0.25, -0.2) is 0 Å². The van der Waals surface area contributed by atoms with Crippen molar-refractivity contribution in [2.24, 2.45) is 10.8 Å². The second-order valence-corrected chi connectivity index (χ2v) is 12.4. The average molecular weight is 527 g/mol. The monoisotopic (exact) mass is 526 g/mol. The summed E-state index contributed by atoms with van der Waals surface area (Å²) in [4.78, 5) is 52.1. The molecule has 9 heteroatoms. The minimum Gasteiger partial charge on any atom is -0.508 e. The maximum atomic E-state index is 14.2. The molecule has 1 saturated carbocycles. The molecule has 38 heavy (non-hydrogen) atoms. The van der Waals surface area contributed by atoms with Crippen LogP contribution in [0.5, 0.6) is 5.75 Å². The molecule has 5 N–H and O–H groups in total. The largest absolute Gasteiger partial charge is 0.508 e. The minimum atomic E-state index is -2.91. The zero-order chi connectivity index (χ0) is 29.1. The summed E-state index contributed by atoms with van der Waals surface area (Å²) < 4.78 is 0. The van der Waals surface area contributed by atoms with Crippen molar-refractivity contribution in [1.82, 2.24) is 0 Å². The molecule has 0 amide bonds. The van der Waals surface area contributed by atoms with Gasteiger partial charge in [-0.1, -0.05) is 41.5 Å². The van der Waals surface area contributed by atoms with Crippen LogP contribution in [0.3, 0.4) is 0 Å². The molecule has 0 bridgehead atoms. The van der Waals surface area contributed by atoms with E-state index in [1.807, 2.05) is 0 Å². The van der Waals surface area contributed by atoms with Crippen LogP contribution in [0.4, 0.5) is 0 Å². The highest BCUT2D eigenvalue weighted by Gasteiger charge is 2.74. The molecule has 0 unspecified atom stereocenters. The maximum absolute atomic E-state index is 14.2. The number of rotatable bonds is 2. The number of hydrogen-bond donors (Lipinski definition) is 5. The highest BCUT2D eigenvalue weighted by atomic mass is 16.4. The molecule has 4 rings (SSSR count). The third-order valence-corrected chi connectivity index (χ3v) is 9.16. The van der Waals surface area contributed by atoms with Crippen LogP contribution in [0.15, 0.2) is 23.0 Å². The van der Waals surface area contributed by atoms with Crippen LogP contribution in [-0.2, 0) is 19.8 Å². The van der Waals surface area contributed by atoms with Crippen LogP contribution in [0.2, 0.25) is 0 Å². The Bertz CT molecular complexity index is 1420. The van der Waals surface area contributed by atoms with Crippen LogP contribution >= 0.6 is 0 Å². The summed E-state index contributed by atoms with van der Waals surface area (Å²) in [6.45, 7) is 12.1. The number of aromatic hydroxyl groups is 1. The third-order valence-electron chi connectivity index (χ3n) is 9.16. The van der Waals surface area contributed by atoms with Crippen LogP contribution in [0.25, 0.3) is 5.76 Å². The lowest BCUT2D eigenvalue weighted by molar-refractivity contribution is -0.197. The molecule has 0 heterocycles. The van der Waals surface area contributed by atoms with Gasteiger partial charge < -0.3 is 25.5 Å². The molecule has 1 aromatic carbocycles. The van der Waals surface area contributed by atoms with E-state index in [1.165, 1.54) is 20.8 Å². The summed E-state index contributed by atoms with van der Waals surface area (Å²) in [6, 6.07) is 1.54. The Labute approximate surface area is 220 Å². The van der Waals surface area contributed by atoms with E-state index >= 15 is 0 Å². The average Bonchev–Trinajstić information content (AvgIpc) is 2.78. The number of hydrogen-bond acceptors (Lipinski definition) is 9. The Morgan fingerprint density at radius 3 is 2.05 bits per heavy atom. The predicted octanol–water partition coefficient (Wildman–Crippen LogP) is 3.34. The molecular weight excluding hydrogens is 492 g/mol. The van der Waals surface area contributed by atoms with Gasteiger partial charge in [0.2, 0.25) is 5.78 Å². The lowest BCUT2D eigenvalue weighted by atomic mass is 9.43. The van der Waals surface area contributed by atoms with Gasteiger partial charge in [0.25, 0.3) is 0 Å². The van der Waals surface area contributed by atoms with E-state index in [4.69, 9.17) is 0 Å². The molecule has 0 aliphatic heterocycles. The zero-order valence-corrected chi connectivity index (χ0v) is 22.8. The fourth-order valence-corrected chi connectivity index (χ4v) is 6.86. The van der Waals surface area contributed by atoms with Gasteiger partial charge in [0.15, 0.2) is 23.0 Å². The van der Waals surface area contributed by atoms with Crippen molar-refractivity contribution < 1.29 is 44.7 Å². The van der Waals surface area contributed by atoms with E-state index in [1.54, 1.807) is 33.8 Å². The fraction of sp³-hybridized carbons (Fsp3) is 0.517. The molecule has 0 radical (unpaired) electrons. The summed E-state index contributed by atoms with van der Waals surface area (Å²) >= 11 is 0. The summed E-state index contributed by atoms with van der Waals surface area (Å²) in [6.07, 6.45) is -2.35. The molecule has 3 aliphatic carbocycles. The van der Waals surface area contributed by atoms with Gasteiger partial charge >= 0.3 is 0 Å². The Kier molecular flexibility index (Phi) is 5.74. The molecule has 0 saturated heterocycles. The van der Waals surface area contributed by atoms with Gasteiger partial charge in [-0.2, -0.15) is 0 Å². The van der Waals surface area contributed by atoms with Crippen molar-refractivity contribution in [3.05, 3.63) is 45.2 Å². The summed E-state index contributed by atoms with van der Waals surface area (Å²) in [7, 11) is 0. The number of aliphatic hydroxyl groups excluding tert-OH is 3. The van der Waals surface area contributed by atoms with Crippen LogP contribution in [0.1, 0.15) is 94.8 Å². The van der Waals surface area contributed by atoms with E-state index in [0.29, 0.717) is 5.56 Å². The van der Waals surface area contributed by atoms with Crippen molar-refractivity contribution in [2.75, 3.05) is 0 Å². The Balaban J connectivity index is 2.20. The lowest BCUT2D eigenvalue weighted by Crippen LogP contribution is -2.72. The van der Waals surface area contributed by atoms with Gasteiger partial charge in [-0.15, -0.1) is 0 Å². The van der Waals surface area contributed by atoms with Crippen LogP contribution < -0.4 is 0 Å². The first-order valence-electron chi connectivity index (χ1n) is 12.5. The van der Waals surface area contributed by atoms with Gasteiger partial charge in [-0.05, 0) is 36.8 Å². The first-order chi connectivity index (χ1) is 17.2. The van der Waals surface area contributed by atoms with Crippen LogP contribution in [0, 0.1) is 10.8 Å². The van der Waals surface area contributed by atoms with E-state index in [9.17, 15) is 44.7 Å². The van der Waals surface area contributed by atoms with Crippen molar-refractivity contribution in [3.8, 4) is 5.75 Å². The zero-order valence-electron chi connectivity index (χ0n) is 22.8. The lowest BCUT2D eigenvalue weighted by Gasteiger charge is -2.61. The molecule has 204 valence electrons. The molecule has 0 aromatic heterocycles. The first-order valence-corrected chi connectivity index (χ1v) is 12.5. The molecule has 5 atom stereocenters. The Hall–Kier alpha value is -3.30. The number of carbonyl (C=O) groups is 4. The second kappa shape index (κ2) is 7.86. The molecule has 0 spiro atoms. The number of carbonyl (C=O) groups excluding carboxylic acids is 4. The van der Waals surface area contributed by atoms with Gasteiger partial charge in [-0.3, -0.25) is 19.2 Å². The van der Waals surface area contributed by atoms with E-state index in [2.05, 4.69) is 0 Å². The maximum Gasteiger partial charge on any atom is 0.203 e. The summed E-state index contributed by atoms with van der Waals surface area (Å²) in [5.74, 6) is -6.42. The number of fused-ring (bicyclic) bond motifs is 3. The number of ketones is 4. The number of phenols is 1. The van der Waals surface area contributed by atoms with Crippen LogP contribution in [-0.4, -0.2) is 60.4 Å². The van der Waals surface area contributed by atoms with Crippen molar-refractivity contribution in [2.45, 2.75) is 84.8 Å². The SMILES string of the molecule is CC(=O)C1=C(O)[C@]2(O)C(=O)C3=C(O)c4c(O)c(C(C)(C)C)cc(C(C)=O)c4[C@@H](C)[C@]3(C)[C@@H](O)[C@]2(C)CC1=O. The second-order valence-electron chi connectivity index (χ2n) is 12.4. The van der Waals surface area contributed by atoms with Gasteiger partial charge in [0.05, 0.1) is 17.2 Å². The van der Waals surface area contributed by atoms with Crippen molar-refractivity contribution in [3.63, 3.8) is 0 Å². The Morgan fingerprint density at radius 1 is 1.03 bits per heavy atom. The summed E-state index contributed by atoms with van der Waals surface area (Å²) in [5, 5.41) is 57.7. The molecule has 3 aliphatic rings.